The number of piperidine rings is 1. The number of para-hydroxylation sites is 1. The van der Waals surface area contributed by atoms with Gasteiger partial charge in [0.25, 0.3) is 5.91 Å². The van der Waals surface area contributed by atoms with E-state index in [1.807, 2.05) is 54.6 Å². The van der Waals surface area contributed by atoms with Crippen molar-refractivity contribution in [3.8, 4) is 11.3 Å². The number of nitrogens with zero attached hydrogens (tertiary/aromatic N) is 2. The first-order valence-corrected chi connectivity index (χ1v) is 10.0. The quantitative estimate of drug-likeness (QED) is 0.625. The Bertz CT molecular complexity index is 1030. The average molecular weight is 388 g/mol. The Hall–Kier alpha value is -3.21. The zero-order chi connectivity index (χ0) is 20.2. The third-order valence-electron chi connectivity index (χ3n) is 5.34. The Morgan fingerprint density at radius 1 is 1.10 bits per heavy atom. The van der Waals surface area contributed by atoms with Crippen molar-refractivity contribution in [1.29, 1.82) is 0 Å². The summed E-state index contributed by atoms with van der Waals surface area (Å²) in [4.78, 5) is 31.8. The molecule has 0 radical (unpaired) electrons. The van der Waals surface area contributed by atoms with Crippen molar-refractivity contribution in [2.45, 2.75) is 19.8 Å². The van der Waals surface area contributed by atoms with Crippen LogP contribution >= 0.6 is 0 Å². The van der Waals surface area contributed by atoms with Gasteiger partial charge in [0.15, 0.2) is 6.61 Å². The molecule has 1 aliphatic rings. The molecule has 5 nitrogen and oxygen atoms in total. The van der Waals surface area contributed by atoms with Crippen molar-refractivity contribution in [1.82, 2.24) is 9.88 Å². The van der Waals surface area contributed by atoms with E-state index >= 15 is 0 Å². The number of hydrogen-bond acceptors (Lipinski definition) is 4. The fourth-order valence-corrected chi connectivity index (χ4v) is 3.81. The molecule has 1 atom stereocenters. The van der Waals surface area contributed by atoms with Crippen LogP contribution in [0.1, 0.15) is 30.1 Å². The van der Waals surface area contributed by atoms with Gasteiger partial charge in [-0.05, 0) is 30.9 Å². The minimum absolute atomic E-state index is 0.133. The van der Waals surface area contributed by atoms with Crippen molar-refractivity contribution in [2.75, 3.05) is 19.7 Å². The second kappa shape index (κ2) is 8.43. The highest BCUT2D eigenvalue weighted by Gasteiger charge is 2.23. The van der Waals surface area contributed by atoms with Crippen molar-refractivity contribution in [3.05, 3.63) is 66.2 Å². The van der Waals surface area contributed by atoms with E-state index in [-0.39, 0.29) is 12.5 Å². The third kappa shape index (κ3) is 4.29. The SMILES string of the molecule is C[C@H]1CCCN(C(=O)COC(=O)c2cc(-c3ccccc3)nc3ccccc23)C1. The monoisotopic (exact) mass is 388 g/mol. The Morgan fingerprint density at radius 3 is 2.66 bits per heavy atom. The lowest BCUT2D eigenvalue weighted by atomic mass is 10.0. The summed E-state index contributed by atoms with van der Waals surface area (Å²) in [6.07, 6.45) is 2.13. The van der Waals surface area contributed by atoms with E-state index in [0.717, 1.165) is 42.4 Å². The third-order valence-corrected chi connectivity index (χ3v) is 5.34. The van der Waals surface area contributed by atoms with Crippen molar-refractivity contribution in [3.63, 3.8) is 0 Å². The highest BCUT2D eigenvalue weighted by atomic mass is 16.5. The maximum atomic E-state index is 12.9. The zero-order valence-electron chi connectivity index (χ0n) is 16.5. The molecule has 148 valence electrons. The van der Waals surface area contributed by atoms with Gasteiger partial charge in [-0.25, -0.2) is 9.78 Å². The topological polar surface area (TPSA) is 59.5 Å². The molecule has 1 saturated heterocycles. The Labute approximate surface area is 170 Å². The number of fused-ring (bicyclic) bond motifs is 1. The standard InChI is InChI=1S/C24H24N2O3/c1-17-8-7-13-26(15-17)23(27)16-29-24(28)20-14-22(18-9-3-2-4-10-18)25-21-12-6-5-11-19(20)21/h2-6,9-12,14,17H,7-8,13,15-16H2,1H3/t17-/m0/s1. The average Bonchev–Trinajstić information content (AvgIpc) is 2.77. The van der Waals surface area contributed by atoms with Gasteiger partial charge in [0.05, 0.1) is 16.8 Å². The molecule has 0 N–H and O–H groups in total. The van der Waals surface area contributed by atoms with Crippen LogP contribution in [0.25, 0.3) is 22.2 Å². The van der Waals surface area contributed by atoms with E-state index in [1.54, 1.807) is 11.0 Å². The molecule has 0 aliphatic carbocycles. The molecule has 2 aromatic carbocycles. The number of ether oxygens (including phenoxy) is 1. The lowest BCUT2D eigenvalue weighted by Crippen LogP contribution is -2.41. The van der Waals surface area contributed by atoms with Crippen molar-refractivity contribution >= 4 is 22.8 Å². The van der Waals surface area contributed by atoms with E-state index in [1.165, 1.54) is 0 Å². The maximum absolute atomic E-state index is 12.9. The van der Waals surface area contributed by atoms with Crippen LogP contribution < -0.4 is 0 Å². The van der Waals surface area contributed by atoms with Gasteiger partial charge in [-0.2, -0.15) is 0 Å². The van der Waals surface area contributed by atoms with E-state index in [0.29, 0.717) is 17.2 Å². The number of carbonyl (C=O) groups excluding carboxylic acids is 2. The Kier molecular flexibility index (Phi) is 5.56. The molecule has 4 rings (SSSR count). The molecule has 1 amide bonds. The van der Waals surface area contributed by atoms with Crippen LogP contribution in [0.2, 0.25) is 0 Å². The van der Waals surface area contributed by atoms with E-state index in [4.69, 9.17) is 4.74 Å². The van der Waals surface area contributed by atoms with Crippen LogP contribution in [0, 0.1) is 5.92 Å². The summed E-state index contributed by atoms with van der Waals surface area (Å²) in [7, 11) is 0. The van der Waals surface area contributed by atoms with E-state index in [2.05, 4.69) is 11.9 Å². The lowest BCUT2D eigenvalue weighted by molar-refractivity contribution is -0.136. The molecule has 0 saturated carbocycles. The number of aromatic nitrogens is 1. The minimum atomic E-state index is -0.501. The summed E-state index contributed by atoms with van der Waals surface area (Å²) >= 11 is 0. The first kappa shape index (κ1) is 19.1. The highest BCUT2D eigenvalue weighted by molar-refractivity contribution is 6.05. The van der Waals surface area contributed by atoms with Crippen LogP contribution in [0.4, 0.5) is 0 Å². The molecule has 1 fully saturated rings. The molecule has 1 aliphatic heterocycles. The molecule has 0 bridgehead atoms. The first-order chi connectivity index (χ1) is 14.1. The first-order valence-electron chi connectivity index (χ1n) is 10.0. The predicted octanol–water partition coefficient (Wildman–Crippen LogP) is 4.32. The van der Waals surface area contributed by atoms with Crippen LogP contribution in [0.3, 0.4) is 0 Å². The summed E-state index contributed by atoms with van der Waals surface area (Å²) in [5, 5.41) is 0.719. The maximum Gasteiger partial charge on any atom is 0.339 e. The van der Waals surface area contributed by atoms with Crippen molar-refractivity contribution in [2.24, 2.45) is 5.92 Å². The van der Waals surface area contributed by atoms with Gasteiger partial charge in [0.1, 0.15) is 0 Å². The smallest absolute Gasteiger partial charge is 0.339 e. The summed E-state index contributed by atoms with van der Waals surface area (Å²) in [6.45, 7) is 3.37. The Balaban J connectivity index is 1.57. The summed E-state index contributed by atoms with van der Waals surface area (Å²) in [5.74, 6) is -0.147. The second-order valence-electron chi connectivity index (χ2n) is 7.60. The normalized spacial score (nSPS) is 16.6. The zero-order valence-corrected chi connectivity index (χ0v) is 16.5. The highest BCUT2D eigenvalue weighted by Crippen LogP contribution is 2.25. The molecule has 0 spiro atoms. The summed E-state index contributed by atoms with van der Waals surface area (Å²) in [5.41, 5.74) is 2.77. The number of rotatable bonds is 4. The molecule has 1 aromatic heterocycles. The summed E-state index contributed by atoms with van der Waals surface area (Å²) in [6, 6.07) is 18.9. The van der Waals surface area contributed by atoms with Crippen LogP contribution in [0.5, 0.6) is 0 Å². The molecular formula is C24H24N2O3. The molecular weight excluding hydrogens is 364 g/mol. The summed E-state index contributed by atoms with van der Waals surface area (Å²) < 4.78 is 5.42. The fraction of sp³-hybridized carbons (Fsp3) is 0.292. The molecule has 5 heteroatoms. The largest absolute Gasteiger partial charge is 0.452 e. The number of likely N-dealkylation sites (tertiary alicyclic amines) is 1. The van der Waals surface area contributed by atoms with Crippen molar-refractivity contribution < 1.29 is 14.3 Å². The van der Waals surface area contributed by atoms with Gasteiger partial charge in [-0.15, -0.1) is 0 Å². The van der Waals surface area contributed by atoms with Gasteiger partial charge < -0.3 is 9.64 Å². The van der Waals surface area contributed by atoms with Gasteiger partial charge in [0, 0.05) is 24.0 Å². The number of amides is 1. The molecule has 29 heavy (non-hydrogen) atoms. The molecule has 2 heterocycles. The van der Waals surface area contributed by atoms with E-state index < -0.39 is 5.97 Å². The number of benzene rings is 2. The van der Waals surface area contributed by atoms with Gasteiger partial charge in [0.2, 0.25) is 0 Å². The molecule has 3 aromatic rings. The lowest BCUT2D eigenvalue weighted by Gasteiger charge is -2.30. The van der Waals surface area contributed by atoms with Gasteiger partial charge in [-0.3, -0.25) is 4.79 Å². The predicted molar refractivity (Wildman–Crippen MR) is 112 cm³/mol. The fourth-order valence-electron chi connectivity index (χ4n) is 3.81. The van der Waals surface area contributed by atoms with Gasteiger partial charge in [-0.1, -0.05) is 55.5 Å². The second-order valence-corrected chi connectivity index (χ2v) is 7.60. The number of carbonyl (C=O) groups is 2. The van der Waals surface area contributed by atoms with Crippen LogP contribution in [-0.4, -0.2) is 41.5 Å². The molecule has 0 unspecified atom stereocenters. The number of pyridine rings is 1. The van der Waals surface area contributed by atoms with E-state index in [9.17, 15) is 9.59 Å². The number of esters is 1. The minimum Gasteiger partial charge on any atom is -0.452 e. The Morgan fingerprint density at radius 2 is 1.86 bits per heavy atom. The van der Waals surface area contributed by atoms with Gasteiger partial charge >= 0.3 is 5.97 Å². The number of hydrogen-bond donors (Lipinski definition) is 0. The van der Waals surface area contributed by atoms with Crippen LogP contribution in [-0.2, 0) is 9.53 Å². The van der Waals surface area contributed by atoms with Crippen LogP contribution in [0.15, 0.2) is 60.7 Å².